The molecule has 1 aromatic carbocycles. The van der Waals surface area contributed by atoms with Gasteiger partial charge < -0.3 is 10.6 Å². The summed E-state index contributed by atoms with van der Waals surface area (Å²) in [7, 11) is 2.10. The Morgan fingerprint density at radius 2 is 2.00 bits per heavy atom. The van der Waals surface area contributed by atoms with Crippen LogP contribution >= 0.6 is 0 Å². The van der Waals surface area contributed by atoms with Crippen LogP contribution in [-0.4, -0.2) is 19.6 Å². The lowest BCUT2D eigenvalue weighted by Crippen LogP contribution is -2.35. The van der Waals surface area contributed by atoms with Gasteiger partial charge in [-0.15, -0.1) is 0 Å². The molecule has 1 atom stereocenters. The molecule has 2 nitrogen and oxygen atoms in total. The van der Waals surface area contributed by atoms with E-state index in [2.05, 4.69) is 50.9 Å². The number of likely N-dealkylation sites (N-methyl/N-ethyl adjacent to an activating group) is 1. The van der Waals surface area contributed by atoms with Crippen molar-refractivity contribution in [3.05, 3.63) is 29.3 Å². The number of rotatable bonds is 3. The summed E-state index contributed by atoms with van der Waals surface area (Å²) >= 11 is 0. The van der Waals surface area contributed by atoms with E-state index < -0.39 is 0 Å². The first-order chi connectivity index (χ1) is 6.57. The van der Waals surface area contributed by atoms with Gasteiger partial charge in [-0.1, -0.05) is 12.1 Å². The van der Waals surface area contributed by atoms with Gasteiger partial charge in [0, 0.05) is 25.3 Å². The Hall–Kier alpha value is -1.02. The third-order valence-corrected chi connectivity index (χ3v) is 2.96. The van der Waals surface area contributed by atoms with E-state index in [9.17, 15) is 0 Å². The van der Waals surface area contributed by atoms with E-state index in [4.69, 9.17) is 5.73 Å². The Labute approximate surface area is 86.7 Å². The van der Waals surface area contributed by atoms with Crippen LogP contribution in [0.3, 0.4) is 0 Å². The van der Waals surface area contributed by atoms with Crippen LogP contribution in [0.25, 0.3) is 0 Å². The van der Waals surface area contributed by atoms with Gasteiger partial charge in [-0.05, 0) is 38.0 Å². The minimum atomic E-state index is 0.385. The van der Waals surface area contributed by atoms with Crippen LogP contribution in [0.2, 0.25) is 0 Å². The first-order valence-corrected chi connectivity index (χ1v) is 5.07. The molecule has 0 aliphatic rings. The highest BCUT2D eigenvalue weighted by Crippen LogP contribution is 2.22. The SMILES string of the molecule is Cc1cccc(N(C)C(C)CN)c1C. The van der Waals surface area contributed by atoms with E-state index in [1.165, 1.54) is 16.8 Å². The lowest BCUT2D eigenvalue weighted by molar-refractivity contribution is 0.693. The molecule has 2 heteroatoms. The molecule has 0 heterocycles. The summed E-state index contributed by atoms with van der Waals surface area (Å²) in [6.07, 6.45) is 0. The largest absolute Gasteiger partial charge is 0.370 e. The molecule has 1 aromatic rings. The molecule has 0 saturated heterocycles. The Kier molecular flexibility index (Phi) is 3.53. The summed E-state index contributed by atoms with van der Waals surface area (Å²) in [5.74, 6) is 0. The quantitative estimate of drug-likeness (QED) is 0.794. The van der Waals surface area contributed by atoms with E-state index in [0.29, 0.717) is 12.6 Å². The van der Waals surface area contributed by atoms with Crippen LogP contribution in [0, 0.1) is 13.8 Å². The highest BCUT2D eigenvalue weighted by Gasteiger charge is 2.10. The monoisotopic (exact) mass is 192 g/mol. The number of nitrogens with two attached hydrogens (primary N) is 1. The second-order valence-electron chi connectivity index (χ2n) is 3.91. The molecule has 0 spiro atoms. The zero-order valence-electron chi connectivity index (χ0n) is 9.54. The molecule has 0 aromatic heterocycles. The molecule has 0 saturated carbocycles. The third-order valence-electron chi connectivity index (χ3n) is 2.96. The maximum Gasteiger partial charge on any atom is 0.0398 e. The molecule has 0 radical (unpaired) electrons. The van der Waals surface area contributed by atoms with E-state index in [0.717, 1.165) is 0 Å². The average molecular weight is 192 g/mol. The lowest BCUT2D eigenvalue weighted by Gasteiger charge is -2.28. The molecule has 1 unspecified atom stereocenters. The number of hydrogen-bond acceptors (Lipinski definition) is 2. The minimum absolute atomic E-state index is 0.385. The first kappa shape index (κ1) is 11.1. The topological polar surface area (TPSA) is 29.3 Å². The fourth-order valence-electron chi connectivity index (χ4n) is 1.51. The fraction of sp³-hybridized carbons (Fsp3) is 0.500. The van der Waals surface area contributed by atoms with Crippen molar-refractivity contribution in [1.29, 1.82) is 0 Å². The fourth-order valence-corrected chi connectivity index (χ4v) is 1.51. The zero-order valence-corrected chi connectivity index (χ0v) is 9.54. The molecule has 0 bridgehead atoms. The number of anilines is 1. The van der Waals surface area contributed by atoms with Gasteiger partial charge in [0.05, 0.1) is 0 Å². The summed E-state index contributed by atoms with van der Waals surface area (Å²) in [6, 6.07) is 6.77. The normalized spacial score (nSPS) is 12.6. The van der Waals surface area contributed by atoms with Crippen molar-refractivity contribution in [3.8, 4) is 0 Å². The van der Waals surface area contributed by atoms with Crippen molar-refractivity contribution >= 4 is 5.69 Å². The number of benzene rings is 1. The molecule has 78 valence electrons. The predicted molar refractivity (Wildman–Crippen MR) is 62.8 cm³/mol. The standard InChI is InChI=1S/C12H20N2/c1-9-6-5-7-12(11(9)3)14(4)10(2)8-13/h5-7,10H,8,13H2,1-4H3. The number of nitrogens with zero attached hydrogens (tertiary/aromatic N) is 1. The molecule has 14 heavy (non-hydrogen) atoms. The number of hydrogen-bond donors (Lipinski definition) is 1. The number of aryl methyl sites for hydroxylation is 1. The van der Waals surface area contributed by atoms with Crippen molar-refractivity contribution < 1.29 is 0 Å². The van der Waals surface area contributed by atoms with Crippen LogP contribution < -0.4 is 10.6 Å². The minimum Gasteiger partial charge on any atom is -0.370 e. The van der Waals surface area contributed by atoms with Gasteiger partial charge >= 0.3 is 0 Å². The van der Waals surface area contributed by atoms with Crippen molar-refractivity contribution in [2.75, 3.05) is 18.5 Å². The lowest BCUT2D eigenvalue weighted by atomic mass is 10.1. The Morgan fingerprint density at radius 1 is 1.36 bits per heavy atom. The summed E-state index contributed by atoms with van der Waals surface area (Å²) < 4.78 is 0. The Bertz CT molecular complexity index is 307. The van der Waals surface area contributed by atoms with Crippen LogP contribution in [0.4, 0.5) is 5.69 Å². The Morgan fingerprint density at radius 3 is 2.57 bits per heavy atom. The van der Waals surface area contributed by atoms with Crippen molar-refractivity contribution in [2.24, 2.45) is 5.73 Å². The second kappa shape index (κ2) is 4.47. The smallest absolute Gasteiger partial charge is 0.0398 e. The zero-order chi connectivity index (χ0) is 10.7. The maximum atomic E-state index is 5.66. The van der Waals surface area contributed by atoms with Gasteiger partial charge in [-0.3, -0.25) is 0 Å². The van der Waals surface area contributed by atoms with E-state index in [1.807, 2.05) is 0 Å². The van der Waals surface area contributed by atoms with E-state index in [-0.39, 0.29) is 0 Å². The molecule has 0 amide bonds. The van der Waals surface area contributed by atoms with Gasteiger partial charge in [-0.2, -0.15) is 0 Å². The van der Waals surface area contributed by atoms with Crippen LogP contribution in [0.15, 0.2) is 18.2 Å². The molecular weight excluding hydrogens is 172 g/mol. The summed E-state index contributed by atoms with van der Waals surface area (Å²) in [5.41, 5.74) is 9.61. The van der Waals surface area contributed by atoms with Crippen LogP contribution in [-0.2, 0) is 0 Å². The van der Waals surface area contributed by atoms with Crippen molar-refractivity contribution in [2.45, 2.75) is 26.8 Å². The second-order valence-corrected chi connectivity index (χ2v) is 3.91. The Balaban J connectivity index is 3.01. The van der Waals surface area contributed by atoms with E-state index in [1.54, 1.807) is 0 Å². The predicted octanol–water partition coefficient (Wildman–Crippen LogP) is 2.09. The van der Waals surface area contributed by atoms with Crippen molar-refractivity contribution in [1.82, 2.24) is 0 Å². The highest BCUT2D eigenvalue weighted by molar-refractivity contribution is 5.56. The summed E-state index contributed by atoms with van der Waals surface area (Å²) in [4.78, 5) is 2.24. The van der Waals surface area contributed by atoms with Gasteiger partial charge in [0.1, 0.15) is 0 Å². The molecule has 1 rings (SSSR count). The molecule has 0 fully saturated rings. The first-order valence-electron chi connectivity index (χ1n) is 5.07. The highest BCUT2D eigenvalue weighted by atomic mass is 15.1. The van der Waals surface area contributed by atoms with Gasteiger partial charge in [0.2, 0.25) is 0 Å². The molecular formula is C12H20N2. The summed E-state index contributed by atoms with van der Waals surface area (Å²) in [6.45, 7) is 7.12. The van der Waals surface area contributed by atoms with Crippen molar-refractivity contribution in [3.63, 3.8) is 0 Å². The van der Waals surface area contributed by atoms with Crippen LogP contribution in [0.1, 0.15) is 18.1 Å². The van der Waals surface area contributed by atoms with Crippen LogP contribution in [0.5, 0.6) is 0 Å². The van der Waals surface area contributed by atoms with Gasteiger partial charge in [0.25, 0.3) is 0 Å². The van der Waals surface area contributed by atoms with E-state index >= 15 is 0 Å². The average Bonchev–Trinajstić information content (AvgIpc) is 2.20. The molecule has 0 aliphatic heterocycles. The van der Waals surface area contributed by atoms with Gasteiger partial charge in [-0.25, -0.2) is 0 Å². The maximum absolute atomic E-state index is 5.66. The summed E-state index contributed by atoms with van der Waals surface area (Å²) in [5, 5.41) is 0. The van der Waals surface area contributed by atoms with Gasteiger partial charge in [0.15, 0.2) is 0 Å². The third kappa shape index (κ3) is 2.07. The molecule has 2 N–H and O–H groups in total. The molecule has 0 aliphatic carbocycles.